The first-order valence-corrected chi connectivity index (χ1v) is 8.85. The number of fused-ring (bicyclic) bond motifs is 2. The Balaban J connectivity index is 1.86. The van der Waals surface area contributed by atoms with Gasteiger partial charge < -0.3 is 4.74 Å². The number of rotatable bonds is 1. The molecule has 1 saturated heterocycles. The topological polar surface area (TPSA) is 27.1 Å². The highest BCUT2D eigenvalue weighted by Gasteiger charge is 2.25. The molecule has 4 rings (SSSR count). The van der Waals surface area contributed by atoms with E-state index >= 15 is 0 Å². The average molecular weight is 349 g/mol. The number of aromatic nitrogens is 2. The quantitative estimate of drug-likeness (QED) is 0.729. The molecule has 2 atom stereocenters. The molecule has 3 nitrogen and oxygen atoms in total. The number of nitrogens with zero attached hydrogens (tertiary/aromatic N) is 2. The zero-order chi connectivity index (χ0) is 14.4. The maximum atomic E-state index is 5.92. The molecule has 2 heterocycles. The highest BCUT2D eigenvalue weighted by atomic mass is 79.9. The standard InChI is InChI=1S/C17H21BrN2O/c1-11-5-4-6-12-9-14-13(17(18)16(11)12)10-19-20(14)15-7-2-3-8-21-15/h9-11,15H,2-8H2,1H3/t11-,15?/m0/s1. The van der Waals surface area contributed by atoms with Gasteiger partial charge in [0.05, 0.1) is 11.7 Å². The maximum absolute atomic E-state index is 5.92. The number of aryl methyl sites for hydroxylation is 1. The van der Waals surface area contributed by atoms with Gasteiger partial charge in [-0.25, -0.2) is 4.68 Å². The summed E-state index contributed by atoms with van der Waals surface area (Å²) in [5.41, 5.74) is 4.21. The van der Waals surface area contributed by atoms with E-state index in [0.717, 1.165) is 13.0 Å². The third-order valence-corrected chi connectivity index (χ3v) is 5.82. The van der Waals surface area contributed by atoms with Crippen molar-refractivity contribution < 1.29 is 4.74 Å². The normalized spacial score (nSPS) is 26.0. The van der Waals surface area contributed by atoms with E-state index < -0.39 is 0 Å². The Morgan fingerprint density at radius 1 is 1.29 bits per heavy atom. The van der Waals surface area contributed by atoms with Gasteiger partial charge in [-0.15, -0.1) is 0 Å². The predicted octanol–water partition coefficient (Wildman–Crippen LogP) is 4.94. The van der Waals surface area contributed by atoms with Gasteiger partial charge in [0, 0.05) is 16.5 Å². The van der Waals surface area contributed by atoms with Crippen molar-refractivity contribution in [3.63, 3.8) is 0 Å². The van der Waals surface area contributed by atoms with Crippen molar-refractivity contribution >= 4 is 26.8 Å². The van der Waals surface area contributed by atoms with E-state index in [1.165, 1.54) is 58.6 Å². The molecule has 0 amide bonds. The Morgan fingerprint density at radius 2 is 2.19 bits per heavy atom. The zero-order valence-electron chi connectivity index (χ0n) is 12.4. The Hall–Kier alpha value is -0.870. The summed E-state index contributed by atoms with van der Waals surface area (Å²) in [6, 6.07) is 2.36. The van der Waals surface area contributed by atoms with E-state index in [-0.39, 0.29) is 6.23 Å². The smallest absolute Gasteiger partial charge is 0.150 e. The molecule has 2 aromatic rings. The van der Waals surface area contributed by atoms with E-state index in [4.69, 9.17) is 4.74 Å². The Kier molecular flexibility index (Phi) is 3.54. The second-order valence-electron chi connectivity index (χ2n) is 6.40. The van der Waals surface area contributed by atoms with Gasteiger partial charge in [-0.1, -0.05) is 6.92 Å². The minimum absolute atomic E-state index is 0.113. The fourth-order valence-corrected chi connectivity index (χ4v) is 4.79. The lowest BCUT2D eigenvalue weighted by Gasteiger charge is -2.26. The SMILES string of the molecule is C[C@H]1CCCc2cc3c(cnn3C3CCCCO3)c(Br)c21. The summed E-state index contributed by atoms with van der Waals surface area (Å²) < 4.78 is 9.27. The maximum Gasteiger partial charge on any atom is 0.150 e. The molecule has 0 radical (unpaired) electrons. The van der Waals surface area contributed by atoms with Crippen LogP contribution in [0.4, 0.5) is 0 Å². The first kappa shape index (κ1) is 13.8. The van der Waals surface area contributed by atoms with E-state index in [1.807, 2.05) is 6.20 Å². The molecule has 1 aromatic carbocycles. The van der Waals surface area contributed by atoms with Crippen LogP contribution >= 0.6 is 15.9 Å². The first-order chi connectivity index (χ1) is 10.3. The van der Waals surface area contributed by atoms with Crippen LogP contribution in [0, 0.1) is 0 Å². The summed E-state index contributed by atoms with van der Waals surface area (Å²) in [6.45, 7) is 3.19. The molecule has 21 heavy (non-hydrogen) atoms. The van der Waals surface area contributed by atoms with Crippen LogP contribution in [-0.2, 0) is 11.2 Å². The lowest BCUT2D eigenvalue weighted by Crippen LogP contribution is -2.19. The number of benzene rings is 1. The number of ether oxygens (including phenoxy) is 1. The molecule has 0 spiro atoms. The second-order valence-corrected chi connectivity index (χ2v) is 7.19. The van der Waals surface area contributed by atoms with Gasteiger partial charge in [0.15, 0.2) is 6.23 Å². The van der Waals surface area contributed by atoms with Crippen LogP contribution in [0.3, 0.4) is 0 Å². The van der Waals surface area contributed by atoms with Crippen molar-refractivity contribution in [2.24, 2.45) is 0 Å². The molecule has 0 N–H and O–H groups in total. The van der Waals surface area contributed by atoms with E-state index in [9.17, 15) is 0 Å². The molecule has 112 valence electrons. The fourth-order valence-electron chi connectivity index (χ4n) is 3.84. The van der Waals surface area contributed by atoms with Crippen molar-refractivity contribution in [1.29, 1.82) is 0 Å². The highest BCUT2D eigenvalue weighted by molar-refractivity contribution is 9.10. The third-order valence-electron chi connectivity index (χ3n) is 4.97. The first-order valence-electron chi connectivity index (χ1n) is 8.06. The van der Waals surface area contributed by atoms with E-state index in [2.05, 4.69) is 38.7 Å². The number of hydrogen-bond donors (Lipinski definition) is 0. The highest BCUT2D eigenvalue weighted by Crippen LogP contribution is 2.41. The van der Waals surface area contributed by atoms with Crippen LogP contribution in [0.25, 0.3) is 10.9 Å². The van der Waals surface area contributed by atoms with Crippen molar-refractivity contribution in [1.82, 2.24) is 9.78 Å². The lowest BCUT2D eigenvalue weighted by molar-refractivity contribution is -0.0366. The summed E-state index contributed by atoms with van der Waals surface area (Å²) in [5.74, 6) is 0.641. The Labute approximate surface area is 133 Å². The van der Waals surface area contributed by atoms with Gasteiger partial charge in [-0.3, -0.25) is 0 Å². The number of halogens is 1. The van der Waals surface area contributed by atoms with Gasteiger partial charge in [0.25, 0.3) is 0 Å². The zero-order valence-corrected chi connectivity index (χ0v) is 14.0. The van der Waals surface area contributed by atoms with Crippen LogP contribution in [-0.4, -0.2) is 16.4 Å². The molecule has 1 aliphatic carbocycles. The second kappa shape index (κ2) is 5.40. The van der Waals surface area contributed by atoms with Gasteiger partial charge in [0.2, 0.25) is 0 Å². The summed E-state index contributed by atoms with van der Waals surface area (Å²) in [7, 11) is 0. The van der Waals surface area contributed by atoms with Crippen LogP contribution < -0.4 is 0 Å². The molecule has 0 saturated carbocycles. The molecule has 0 bridgehead atoms. The molecular weight excluding hydrogens is 328 g/mol. The predicted molar refractivity (Wildman–Crippen MR) is 87.6 cm³/mol. The molecule has 1 aliphatic heterocycles. The van der Waals surface area contributed by atoms with Crippen LogP contribution in [0.2, 0.25) is 0 Å². The molecule has 2 aliphatic rings. The van der Waals surface area contributed by atoms with Gasteiger partial charge in [-0.05, 0) is 77.6 Å². The van der Waals surface area contributed by atoms with Crippen molar-refractivity contribution in [3.8, 4) is 0 Å². The minimum Gasteiger partial charge on any atom is -0.356 e. The molecule has 4 heteroatoms. The minimum atomic E-state index is 0.113. The van der Waals surface area contributed by atoms with Crippen LogP contribution in [0.15, 0.2) is 16.7 Å². The van der Waals surface area contributed by atoms with Gasteiger partial charge in [-0.2, -0.15) is 5.10 Å². The summed E-state index contributed by atoms with van der Waals surface area (Å²) >= 11 is 3.85. The lowest BCUT2D eigenvalue weighted by atomic mass is 9.83. The molecule has 1 aromatic heterocycles. The fraction of sp³-hybridized carbons (Fsp3) is 0.588. The van der Waals surface area contributed by atoms with Gasteiger partial charge >= 0.3 is 0 Å². The van der Waals surface area contributed by atoms with Crippen LogP contribution in [0.1, 0.15) is 62.3 Å². The van der Waals surface area contributed by atoms with E-state index in [0.29, 0.717) is 5.92 Å². The summed E-state index contributed by atoms with van der Waals surface area (Å²) in [6.07, 6.45) is 9.35. The van der Waals surface area contributed by atoms with E-state index in [1.54, 1.807) is 0 Å². The molecular formula is C17H21BrN2O. The monoisotopic (exact) mass is 348 g/mol. The van der Waals surface area contributed by atoms with Crippen molar-refractivity contribution in [2.75, 3.05) is 6.61 Å². The van der Waals surface area contributed by atoms with Crippen molar-refractivity contribution in [2.45, 2.75) is 57.6 Å². The largest absolute Gasteiger partial charge is 0.356 e. The van der Waals surface area contributed by atoms with Gasteiger partial charge in [0.1, 0.15) is 0 Å². The van der Waals surface area contributed by atoms with Crippen molar-refractivity contribution in [3.05, 3.63) is 27.9 Å². The summed E-state index contributed by atoms with van der Waals surface area (Å²) in [4.78, 5) is 0. The number of hydrogen-bond acceptors (Lipinski definition) is 2. The third kappa shape index (κ3) is 2.23. The Morgan fingerprint density at radius 3 is 3.00 bits per heavy atom. The molecule has 1 fully saturated rings. The van der Waals surface area contributed by atoms with Crippen LogP contribution in [0.5, 0.6) is 0 Å². The summed E-state index contributed by atoms with van der Waals surface area (Å²) in [5, 5.41) is 5.87. The average Bonchev–Trinajstić information content (AvgIpc) is 2.92. The molecule has 1 unspecified atom stereocenters. The Bertz CT molecular complexity index is 673.